The van der Waals surface area contributed by atoms with Gasteiger partial charge in [0.05, 0.1) is 13.2 Å². The summed E-state index contributed by atoms with van der Waals surface area (Å²) in [6.45, 7) is 9.56. The lowest BCUT2D eigenvalue weighted by Crippen LogP contribution is -2.42. The fraction of sp³-hybridized carbons (Fsp3) is 1.00. The first-order valence-corrected chi connectivity index (χ1v) is 7.65. The molecule has 1 aliphatic carbocycles. The Bertz CT molecular complexity index is 231. The van der Waals surface area contributed by atoms with Crippen molar-refractivity contribution in [3.63, 3.8) is 0 Å². The van der Waals surface area contributed by atoms with Crippen LogP contribution in [-0.2, 0) is 9.47 Å². The molecule has 0 aromatic rings. The van der Waals surface area contributed by atoms with Crippen molar-refractivity contribution in [1.29, 1.82) is 0 Å². The number of hydrogen-bond donors (Lipinski definition) is 1. The van der Waals surface area contributed by atoms with Crippen LogP contribution in [0.25, 0.3) is 0 Å². The zero-order chi connectivity index (χ0) is 13.0. The summed E-state index contributed by atoms with van der Waals surface area (Å²) in [7, 11) is 0. The SMILES string of the molecule is CCNC(CC1OCCO1)C1CC(C)CC(C)C1. The van der Waals surface area contributed by atoms with Gasteiger partial charge in [0, 0.05) is 12.5 Å². The Kier molecular flexibility index (Phi) is 5.46. The zero-order valence-corrected chi connectivity index (χ0v) is 12.2. The second kappa shape index (κ2) is 6.88. The van der Waals surface area contributed by atoms with Gasteiger partial charge in [-0.05, 0) is 43.6 Å². The normalized spacial score (nSPS) is 35.8. The van der Waals surface area contributed by atoms with Gasteiger partial charge in [-0.2, -0.15) is 0 Å². The molecule has 3 heteroatoms. The van der Waals surface area contributed by atoms with E-state index in [1.807, 2.05) is 0 Å². The average molecular weight is 255 g/mol. The van der Waals surface area contributed by atoms with Crippen LogP contribution in [0.2, 0.25) is 0 Å². The van der Waals surface area contributed by atoms with Crippen molar-refractivity contribution >= 4 is 0 Å². The topological polar surface area (TPSA) is 30.5 Å². The van der Waals surface area contributed by atoms with E-state index in [4.69, 9.17) is 9.47 Å². The molecule has 0 spiro atoms. The van der Waals surface area contributed by atoms with E-state index in [0.717, 1.165) is 43.9 Å². The van der Waals surface area contributed by atoms with E-state index >= 15 is 0 Å². The fourth-order valence-corrected chi connectivity index (χ4v) is 3.79. The monoisotopic (exact) mass is 255 g/mol. The predicted octanol–water partition coefficient (Wildman–Crippen LogP) is 2.80. The lowest BCUT2D eigenvalue weighted by molar-refractivity contribution is -0.0589. The summed E-state index contributed by atoms with van der Waals surface area (Å²) in [5.74, 6) is 2.52. The molecule has 2 aliphatic rings. The molecule has 0 aromatic heterocycles. The maximum Gasteiger partial charge on any atom is 0.159 e. The van der Waals surface area contributed by atoms with Crippen LogP contribution in [0.4, 0.5) is 0 Å². The van der Waals surface area contributed by atoms with Crippen LogP contribution in [0.1, 0.15) is 46.5 Å². The van der Waals surface area contributed by atoms with Gasteiger partial charge in [-0.15, -0.1) is 0 Å². The quantitative estimate of drug-likeness (QED) is 0.819. The molecule has 3 unspecified atom stereocenters. The molecule has 0 amide bonds. The second-order valence-corrected chi connectivity index (χ2v) is 6.25. The molecular formula is C15H29NO2. The van der Waals surface area contributed by atoms with Crippen LogP contribution >= 0.6 is 0 Å². The molecule has 0 radical (unpaired) electrons. The van der Waals surface area contributed by atoms with Gasteiger partial charge in [-0.1, -0.05) is 20.8 Å². The van der Waals surface area contributed by atoms with Crippen molar-refractivity contribution in [3.8, 4) is 0 Å². The second-order valence-electron chi connectivity index (χ2n) is 6.25. The minimum atomic E-state index is 0.0292. The lowest BCUT2D eigenvalue weighted by atomic mass is 9.73. The largest absolute Gasteiger partial charge is 0.350 e. The fourth-order valence-electron chi connectivity index (χ4n) is 3.79. The molecule has 1 saturated heterocycles. The first-order chi connectivity index (χ1) is 8.69. The van der Waals surface area contributed by atoms with E-state index in [1.54, 1.807) is 0 Å². The van der Waals surface area contributed by atoms with Crippen LogP contribution < -0.4 is 5.32 Å². The number of ether oxygens (including phenoxy) is 2. The first-order valence-electron chi connectivity index (χ1n) is 7.65. The first kappa shape index (κ1) is 14.3. The van der Waals surface area contributed by atoms with E-state index < -0.39 is 0 Å². The van der Waals surface area contributed by atoms with Gasteiger partial charge >= 0.3 is 0 Å². The van der Waals surface area contributed by atoms with Gasteiger partial charge in [0.2, 0.25) is 0 Å². The Morgan fingerprint density at radius 2 is 1.67 bits per heavy atom. The van der Waals surface area contributed by atoms with E-state index in [-0.39, 0.29) is 6.29 Å². The third-order valence-electron chi connectivity index (χ3n) is 4.39. The predicted molar refractivity (Wildman–Crippen MR) is 73.4 cm³/mol. The maximum atomic E-state index is 5.61. The summed E-state index contributed by atoms with van der Waals surface area (Å²) in [5, 5.41) is 3.66. The molecular weight excluding hydrogens is 226 g/mol. The van der Waals surface area contributed by atoms with Gasteiger partial charge in [-0.3, -0.25) is 0 Å². The summed E-state index contributed by atoms with van der Waals surface area (Å²) in [5.41, 5.74) is 0. The molecule has 106 valence electrons. The van der Waals surface area contributed by atoms with Crippen molar-refractivity contribution in [2.24, 2.45) is 17.8 Å². The Hall–Kier alpha value is -0.120. The van der Waals surface area contributed by atoms with Gasteiger partial charge in [0.1, 0.15) is 0 Å². The molecule has 1 aliphatic heterocycles. The molecule has 3 atom stereocenters. The summed E-state index contributed by atoms with van der Waals surface area (Å²) < 4.78 is 11.2. The summed E-state index contributed by atoms with van der Waals surface area (Å²) in [4.78, 5) is 0. The summed E-state index contributed by atoms with van der Waals surface area (Å²) >= 11 is 0. The number of nitrogens with one attached hydrogen (secondary N) is 1. The molecule has 2 fully saturated rings. The van der Waals surface area contributed by atoms with Crippen LogP contribution in [0.3, 0.4) is 0 Å². The highest BCUT2D eigenvalue weighted by Crippen LogP contribution is 2.36. The molecule has 2 rings (SSSR count). The Labute approximate surface area is 112 Å². The van der Waals surface area contributed by atoms with E-state index in [9.17, 15) is 0 Å². The standard InChI is InChI=1S/C15H29NO2/c1-4-16-14(10-15-17-5-6-18-15)13-8-11(2)7-12(3)9-13/h11-16H,4-10H2,1-3H3. The molecule has 1 saturated carbocycles. The van der Waals surface area contributed by atoms with Crippen molar-refractivity contribution in [2.45, 2.75) is 58.8 Å². The third kappa shape index (κ3) is 3.94. The van der Waals surface area contributed by atoms with Gasteiger partial charge in [-0.25, -0.2) is 0 Å². The molecule has 3 nitrogen and oxygen atoms in total. The third-order valence-corrected chi connectivity index (χ3v) is 4.39. The minimum absolute atomic E-state index is 0.0292. The van der Waals surface area contributed by atoms with Crippen molar-refractivity contribution < 1.29 is 9.47 Å². The molecule has 1 heterocycles. The lowest BCUT2D eigenvalue weighted by Gasteiger charge is -2.37. The molecule has 1 N–H and O–H groups in total. The van der Waals surface area contributed by atoms with Crippen LogP contribution in [-0.4, -0.2) is 32.1 Å². The number of hydrogen-bond acceptors (Lipinski definition) is 3. The Balaban J connectivity index is 1.90. The smallest absolute Gasteiger partial charge is 0.159 e. The molecule has 18 heavy (non-hydrogen) atoms. The summed E-state index contributed by atoms with van der Waals surface area (Å²) in [6, 6.07) is 0.559. The highest BCUT2D eigenvalue weighted by Gasteiger charge is 2.32. The Morgan fingerprint density at radius 3 is 2.22 bits per heavy atom. The highest BCUT2D eigenvalue weighted by atomic mass is 16.7. The van der Waals surface area contributed by atoms with Gasteiger partial charge < -0.3 is 14.8 Å². The van der Waals surface area contributed by atoms with E-state index in [2.05, 4.69) is 26.1 Å². The van der Waals surface area contributed by atoms with Crippen molar-refractivity contribution in [1.82, 2.24) is 5.32 Å². The summed E-state index contributed by atoms with van der Waals surface area (Å²) in [6.07, 6.45) is 5.15. The van der Waals surface area contributed by atoms with Gasteiger partial charge in [0.15, 0.2) is 6.29 Å². The van der Waals surface area contributed by atoms with E-state index in [1.165, 1.54) is 19.3 Å². The van der Waals surface area contributed by atoms with Crippen molar-refractivity contribution in [3.05, 3.63) is 0 Å². The van der Waals surface area contributed by atoms with Crippen LogP contribution in [0.15, 0.2) is 0 Å². The average Bonchev–Trinajstić information content (AvgIpc) is 2.80. The molecule has 0 bridgehead atoms. The highest BCUT2D eigenvalue weighted by molar-refractivity contribution is 4.84. The molecule has 0 aromatic carbocycles. The minimum Gasteiger partial charge on any atom is -0.350 e. The van der Waals surface area contributed by atoms with E-state index in [0.29, 0.717) is 6.04 Å². The van der Waals surface area contributed by atoms with Crippen molar-refractivity contribution in [2.75, 3.05) is 19.8 Å². The number of rotatable bonds is 5. The maximum absolute atomic E-state index is 5.61. The zero-order valence-electron chi connectivity index (χ0n) is 12.2. The Morgan fingerprint density at radius 1 is 1.06 bits per heavy atom. The van der Waals surface area contributed by atoms with Crippen LogP contribution in [0, 0.1) is 17.8 Å². The van der Waals surface area contributed by atoms with Gasteiger partial charge in [0.25, 0.3) is 0 Å². The van der Waals surface area contributed by atoms with Crippen LogP contribution in [0.5, 0.6) is 0 Å².